The number of carbonyl (C=O) groups is 1. The summed E-state index contributed by atoms with van der Waals surface area (Å²) < 4.78 is 23.6. The molecule has 1 heterocycles. The number of benzene rings is 2. The van der Waals surface area contributed by atoms with E-state index in [1.165, 1.54) is 6.07 Å². The van der Waals surface area contributed by atoms with Gasteiger partial charge in [0.25, 0.3) is 5.91 Å². The topological polar surface area (TPSA) is 122 Å². The molecule has 0 spiro atoms. The van der Waals surface area contributed by atoms with Crippen LogP contribution >= 0.6 is 0 Å². The van der Waals surface area contributed by atoms with E-state index in [-0.39, 0.29) is 17.3 Å². The molecular formula is C18H21N3O4S. The van der Waals surface area contributed by atoms with Crippen LogP contribution in [0.3, 0.4) is 0 Å². The maximum atomic E-state index is 12.4. The summed E-state index contributed by atoms with van der Waals surface area (Å²) in [7, 11) is -3.88. The minimum absolute atomic E-state index is 0.00361. The van der Waals surface area contributed by atoms with Crippen molar-refractivity contribution in [3.8, 4) is 11.1 Å². The summed E-state index contributed by atoms with van der Waals surface area (Å²) in [5.74, 6) is -0.333. The Hall–Kier alpha value is -2.26. The van der Waals surface area contributed by atoms with E-state index < -0.39 is 15.6 Å². The average Bonchev–Trinajstić information content (AvgIpc) is 3.06. The SMILES string of the molecule is NS(=O)(=O)c1ccccc1-c1cccc(C(=O)NCC2(O)CCNC2)c1. The predicted octanol–water partition coefficient (Wildman–Crippen LogP) is 0.455. The van der Waals surface area contributed by atoms with E-state index in [0.29, 0.717) is 36.2 Å². The third-order valence-corrected chi connectivity index (χ3v) is 5.40. The van der Waals surface area contributed by atoms with Gasteiger partial charge in [0.2, 0.25) is 10.0 Å². The van der Waals surface area contributed by atoms with E-state index in [0.717, 1.165) is 0 Å². The van der Waals surface area contributed by atoms with Crippen LogP contribution in [0.1, 0.15) is 16.8 Å². The van der Waals surface area contributed by atoms with Crippen molar-refractivity contribution in [3.05, 3.63) is 54.1 Å². The number of primary sulfonamides is 1. The maximum absolute atomic E-state index is 12.4. The third kappa shape index (κ3) is 4.10. The van der Waals surface area contributed by atoms with E-state index in [2.05, 4.69) is 10.6 Å². The van der Waals surface area contributed by atoms with Crippen molar-refractivity contribution in [1.82, 2.24) is 10.6 Å². The Labute approximate surface area is 152 Å². The van der Waals surface area contributed by atoms with E-state index >= 15 is 0 Å². The molecular weight excluding hydrogens is 354 g/mol. The molecule has 138 valence electrons. The first kappa shape index (κ1) is 18.5. The first-order chi connectivity index (χ1) is 12.3. The number of carbonyl (C=O) groups excluding carboxylic acids is 1. The normalized spacial score (nSPS) is 20.1. The zero-order valence-electron chi connectivity index (χ0n) is 14.1. The summed E-state index contributed by atoms with van der Waals surface area (Å²) in [5.41, 5.74) is 0.445. The van der Waals surface area contributed by atoms with Crippen LogP contribution in [-0.4, -0.2) is 44.7 Å². The van der Waals surface area contributed by atoms with Crippen LogP contribution in [0.25, 0.3) is 11.1 Å². The molecule has 1 aliphatic heterocycles. The summed E-state index contributed by atoms with van der Waals surface area (Å²) in [6.45, 7) is 1.30. The van der Waals surface area contributed by atoms with Crippen molar-refractivity contribution in [2.75, 3.05) is 19.6 Å². The highest BCUT2D eigenvalue weighted by Crippen LogP contribution is 2.27. The monoisotopic (exact) mass is 375 g/mol. The third-order valence-electron chi connectivity index (χ3n) is 4.43. The van der Waals surface area contributed by atoms with Crippen LogP contribution in [0, 0.1) is 0 Å². The number of rotatable bonds is 5. The molecule has 0 saturated carbocycles. The lowest BCUT2D eigenvalue weighted by atomic mass is 10.0. The highest BCUT2D eigenvalue weighted by Gasteiger charge is 2.31. The molecule has 8 heteroatoms. The smallest absolute Gasteiger partial charge is 0.251 e. The molecule has 2 aromatic carbocycles. The van der Waals surface area contributed by atoms with Crippen LogP contribution in [-0.2, 0) is 10.0 Å². The van der Waals surface area contributed by atoms with Gasteiger partial charge in [0.15, 0.2) is 0 Å². The molecule has 1 amide bonds. The second kappa shape index (κ2) is 7.16. The Morgan fingerprint density at radius 2 is 2.00 bits per heavy atom. The number of aliphatic hydroxyl groups is 1. The van der Waals surface area contributed by atoms with Gasteiger partial charge in [-0.2, -0.15) is 0 Å². The summed E-state index contributed by atoms with van der Waals surface area (Å²) in [5, 5.41) is 21.4. The Bertz CT molecular complexity index is 922. The van der Waals surface area contributed by atoms with Gasteiger partial charge in [-0.1, -0.05) is 30.3 Å². The van der Waals surface area contributed by atoms with Crippen LogP contribution in [0.15, 0.2) is 53.4 Å². The van der Waals surface area contributed by atoms with Gasteiger partial charge >= 0.3 is 0 Å². The summed E-state index contributed by atoms with van der Waals surface area (Å²) in [6.07, 6.45) is 0.578. The fourth-order valence-electron chi connectivity index (χ4n) is 3.01. The number of hydrogen-bond donors (Lipinski definition) is 4. The minimum Gasteiger partial charge on any atom is -0.387 e. The van der Waals surface area contributed by atoms with Crippen LogP contribution in [0.2, 0.25) is 0 Å². The van der Waals surface area contributed by atoms with Crippen molar-refractivity contribution < 1.29 is 18.3 Å². The van der Waals surface area contributed by atoms with Crippen molar-refractivity contribution >= 4 is 15.9 Å². The number of β-amino-alcohol motifs (C(OH)–C–C–N with tert-alkyl or cyclic N) is 1. The summed E-state index contributed by atoms with van der Waals surface area (Å²) in [6, 6.07) is 13.0. The van der Waals surface area contributed by atoms with E-state index in [9.17, 15) is 18.3 Å². The lowest BCUT2D eigenvalue weighted by molar-refractivity contribution is 0.0562. The quantitative estimate of drug-likeness (QED) is 0.605. The molecule has 0 aliphatic carbocycles. The molecule has 2 aromatic rings. The van der Waals surface area contributed by atoms with E-state index in [1.807, 2.05) is 0 Å². The number of hydrogen-bond acceptors (Lipinski definition) is 5. The Kier molecular flexibility index (Phi) is 5.10. The Morgan fingerprint density at radius 3 is 2.69 bits per heavy atom. The maximum Gasteiger partial charge on any atom is 0.251 e. The average molecular weight is 375 g/mol. The highest BCUT2D eigenvalue weighted by atomic mass is 32.2. The highest BCUT2D eigenvalue weighted by molar-refractivity contribution is 7.89. The molecule has 1 saturated heterocycles. The van der Waals surface area contributed by atoms with E-state index in [1.54, 1.807) is 42.5 Å². The molecule has 0 aromatic heterocycles. The first-order valence-corrected chi connectivity index (χ1v) is 9.77. The van der Waals surface area contributed by atoms with Crippen molar-refractivity contribution in [2.24, 2.45) is 5.14 Å². The second-order valence-electron chi connectivity index (χ2n) is 6.46. The Balaban J connectivity index is 1.84. The predicted molar refractivity (Wildman–Crippen MR) is 98.0 cm³/mol. The molecule has 1 fully saturated rings. The number of nitrogens with one attached hydrogen (secondary N) is 2. The van der Waals surface area contributed by atoms with Gasteiger partial charge in [-0.25, -0.2) is 13.6 Å². The van der Waals surface area contributed by atoms with Crippen LogP contribution in [0.4, 0.5) is 0 Å². The van der Waals surface area contributed by atoms with Gasteiger partial charge in [0.05, 0.1) is 10.5 Å². The Morgan fingerprint density at radius 1 is 1.23 bits per heavy atom. The second-order valence-corrected chi connectivity index (χ2v) is 7.99. The van der Waals surface area contributed by atoms with Gasteiger partial charge in [-0.3, -0.25) is 4.79 Å². The number of amides is 1. The molecule has 0 bridgehead atoms. The van der Waals surface area contributed by atoms with Gasteiger partial charge in [0, 0.05) is 24.2 Å². The minimum atomic E-state index is -3.88. The van der Waals surface area contributed by atoms with Crippen molar-refractivity contribution in [1.29, 1.82) is 0 Å². The standard InChI is InChI=1S/C18H21N3O4S/c19-26(24,25)16-7-2-1-6-15(16)13-4-3-5-14(10-13)17(22)21-12-18(23)8-9-20-11-18/h1-7,10,20,23H,8-9,11-12H2,(H,21,22)(H2,19,24,25). The number of nitrogens with two attached hydrogens (primary N) is 1. The molecule has 5 N–H and O–H groups in total. The lowest BCUT2D eigenvalue weighted by Gasteiger charge is -2.21. The van der Waals surface area contributed by atoms with Gasteiger partial charge in [0.1, 0.15) is 0 Å². The summed E-state index contributed by atoms with van der Waals surface area (Å²) in [4.78, 5) is 12.4. The first-order valence-electron chi connectivity index (χ1n) is 8.22. The lowest BCUT2D eigenvalue weighted by Crippen LogP contribution is -2.44. The van der Waals surface area contributed by atoms with Gasteiger partial charge in [-0.05, 0) is 36.7 Å². The largest absolute Gasteiger partial charge is 0.387 e. The van der Waals surface area contributed by atoms with Crippen LogP contribution in [0.5, 0.6) is 0 Å². The zero-order valence-corrected chi connectivity index (χ0v) is 14.9. The van der Waals surface area contributed by atoms with Crippen LogP contribution < -0.4 is 15.8 Å². The molecule has 1 aliphatic rings. The van der Waals surface area contributed by atoms with E-state index in [4.69, 9.17) is 5.14 Å². The fraction of sp³-hybridized carbons (Fsp3) is 0.278. The molecule has 3 rings (SSSR count). The molecule has 1 unspecified atom stereocenters. The number of sulfonamides is 1. The fourth-order valence-corrected chi connectivity index (χ4v) is 3.77. The molecule has 7 nitrogen and oxygen atoms in total. The molecule has 1 atom stereocenters. The molecule has 26 heavy (non-hydrogen) atoms. The molecule has 0 radical (unpaired) electrons. The van der Waals surface area contributed by atoms with Gasteiger partial charge in [-0.15, -0.1) is 0 Å². The summed E-state index contributed by atoms with van der Waals surface area (Å²) >= 11 is 0. The van der Waals surface area contributed by atoms with Crippen molar-refractivity contribution in [3.63, 3.8) is 0 Å². The van der Waals surface area contributed by atoms with Gasteiger partial charge < -0.3 is 15.7 Å². The van der Waals surface area contributed by atoms with Crippen molar-refractivity contribution in [2.45, 2.75) is 16.9 Å². The zero-order chi connectivity index (χ0) is 18.8.